The second-order valence-corrected chi connectivity index (χ2v) is 6.34. The number of nitrogens with zero attached hydrogens (tertiary/aromatic N) is 1. The number of amides is 3. The fourth-order valence-electron chi connectivity index (χ4n) is 2.70. The zero-order valence-electron chi connectivity index (χ0n) is 15.2. The van der Waals surface area contributed by atoms with E-state index in [1.165, 1.54) is 0 Å². The lowest BCUT2D eigenvalue weighted by atomic mass is 9.90. The van der Waals surface area contributed by atoms with Gasteiger partial charge in [0.25, 0.3) is 5.91 Å². The van der Waals surface area contributed by atoms with Gasteiger partial charge in [-0.1, -0.05) is 13.0 Å². The number of methoxy groups -OCH3 is 1. The van der Waals surface area contributed by atoms with Crippen molar-refractivity contribution in [1.29, 1.82) is 0 Å². The summed E-state index contributed by atoms with van der Waals surface area (Å²) in [6.07, 6.45) is 0.401. The van der Waals surface area contributed by atoms with E-state index >= 15 is 0 Å². The first-order valence-electron chi connectivity index (χ1n) is 8.21. The van der Waals surface area contributed by atoms with Crippen molar-refractivity contribution < 1.29 is 23.9 Å². The summed E-state index contributed by atoms with van der Waals surface area (Å²) in [5.74, 6) is -0.394. The first-order chi connectivity index (χ1) is 11.7. The highest BCUT2D eigenvalue weighted by Crippen LogP contribution is 2.31. The Hall–Kier alpha value is -2.57. The highest BCUT2D eigenvalue weighted by atomic mass is 16.5. The number of esters is 1. The molecule has 1 aromatic carbocycles. The van der Waals surface area contributed by atoms with E-state index < -0.39 is 30.0 Å². The van der Waals surface area contributed by atoms with Crippen molar-refractivity contribution in [2.75, 3.05) is 13.7 Å². The predicted molar refractivity (Wildman–Crippen MR) is 91.2 cm³/mol. The third kappa shape index (κ3) is 3.60. The average Bonchev–Trinajstić information content (AvgIpc) is 2.78. The van der Waals surface area contributed by atoms with Gasteiger partial charge in [-0.3, -0.25) is 14.5 Å². The van der Waals surface area contributed by atoms with Crippen LogP contribution in [0.25, 0.3) is 0 Å². The van der Waals surface area contributed by atoms with E-state index in [1.54, 1.807) is 39.2 Å². The minimum Gasteiger partial charge on any atom is -0.496 e. The number of urea groups is 1. The Morgan fingerprint density at radius 1 is 1.36 bits per heavy atom. The summed E-state index contributed by atoms with van der Waals surface area (Å²) < 4.78 is 10.4. The van der Waals surface area contributed by atoms with E-state index in [0.717, 1.165) is 10.5 Å². The van der Waals surface area contributed by atoms with Gasteiger partial charge in [0.15, 0.2) is 0 Å². The number of benzene rings is 1. The molecule has 2 rings (SSSR count). The molecule has 0 bridgehead atoms. The molecule has 1 aromatic rings. The van der Waals surface area contributed by atoms with Crippen LogP contribution >= 0.6 is 0 Å². The standard InChI is InChI=1S/C18H24N2O5/c1-6-12(3)25-15(21)10-20-16(22)18(4,19-17(20)23)13-7-8-14(24-5)11(2)9-13/h7-9,12H,6,10H2,1-5H3,(H,19,23). The quantitative estimate of drug-likeness (QED) is 0.629. The number of rotatable bonds is 6. The predicted octanol–water partition coefficient (Wildman–Crippen LogP) is 2.11. The lowest BCUT2D eigenvalue weighted by Gasteiger charge is -2.23. The average molecular weight is 348 g/mol. The van der Waals surface area contributed by atoms with Crippen molar-refractivity contribution in [2.24, 2.45) is 0 Å². The number of imide groups is 1. The van der Waals surface area contributed by atoms with Crippen molar-refractivity contribution in [1.82, 2.24) is 10.2 Å². The number of hydrogen-bond donors (Lipinski definition) is 1. The summed E-state index contributed by atoms with van der Waals surface area (Å²) in [5.41, 5.74) is 0.241. The largest absolute Gasteiger partial charge is 0.496 e. The van der Waals surface area contributed by atoms with E-state index in [0.29, 0.717) is 17.7 Å². The molecule has 3 amide bonds. The first-order valence-corrected chi connectivity index (χ1v) is 8.21. The molecular weight excluding hydrogens is 324 g/mol. The van der Waals surface area contributed by atoms with Crippen LogP contribution in [0.15, 0.2) is 18.2 Å². The summed E-state index contributed by atoms with van der Waals surface area (Å²) in [6, 6.07) is 4.65. The number of carbonyl (C=O) groups excluding carboxylic acids is 3. The molecule has 2 atom stereocenters. The molecule has 7 heteroatoms. The van der Waals surface area contributed by atoms with Crippen molar-refractivity contribution in [3.63, 3.8) is 0 Å². The first kappa shape index (κ1) is 18.8. The molecule has 1 aliphatic rings. The van der Waals surface area contributed by atoms with Gasteiger partial charge < -0.3 is 14.8 Å². The number of carbonyl (C=O) groups is 3. The summed E-state index contributed by atoms with van der Waals surface area (Å²) >= 11 is 0. The number of aryl methyl sites for hydroxylation is 1. The van der Waals surface area contributed by atoms with Gasteiger partial charge in [0.2, 0.25) is 0 Å². The minimum atomic E-state index is -1.23. The van der Waals surface area contributed by atoms with Crippen LogP contribution in [0.4, 0.5) is 4.79 Å². The van der Waals surface area contributed by atoms with Crippen molar-refractivity contribution >= 4 is 17.9 Å². The maximum atomic E-state index is 12.8. The molecule has 0 saturated carbocycles. The van der Waals surface area contributed by atoms with Gasteiger partial charge in [0.05, 0.1) is 13.2 Å². The summed E-state index contributed by atoms with van der Waals surface area (Å²) in [6.45, 7) is 6.71. The van der Waals surface area contributed by atoms with Crippen LogP contribution in [0.2, 0.25) is 0 Å². The molecule has 2 unspecified atom stereocenters. The molecule has 1 fully saturated rings. The second-order valence-electron chi connectivity index (χ2n) is 6.34. The van der Waals surface area contributed by atoms with Crippen molar-refractivity contribution in [2.45, 2.75) is 45.8 Å². The molecule has 7 nitrogen and oxygen atoms in total. The zero-order valence-corrected chi connectivity index (χ0v) is 15.2. The van der Waals surface area contributed by atoms with E-state index in [9.17, 15) is 14.4 Å². The molecule has 0 aliphatic carbocycles. The van der Waals surface area contributed by atoms with Crippen LogP contribution in [0.5, 0.6) is 5.75 Å². The van der Waals surface area contributed by atoms with Gasteiger partial charge in [-0.2, -0.15) is 0 Å². The molecule has 1 aliphatic heterocycles. The van der Waals surface area contributed by atoms with Crippen LogP contribution in [-0.4, -0.2) is 42.6 Å². The Bertz CT molecular complexity index is 703. The molecule has 25 heavy (non-hydrogen) atoms. The van der Waals surface area contributed by atoms with Gasteiger partial charge in [-0.05, 0) is 50.5 Å². The highest BCUT2D eigenvalue weighted by molar-refractivity contribution is 6.08. The van der Waals surface area contributed by atoms with Gasteiger partial charge >= 0.3 is 12.0 Å². The van der Waals surface area contributed by atoms with Crippen LogP contribution in [-0.2, 0) is 19.9 Å². The van der Waals surface area contributed by atoms with Crippen LogP contribution in [0.1, 0.15) is 38.3 Å². The molecule has 1 saturated heterocycles. The fourth-order valence-corrected chi connectivity index (χ4v) is 2.70. The SMILES string of the molecule is CCC(C)OC(=O)CN1C(=O)NC(C)(c2ccc(OC)c(C)c2)C1=O. The smallest absolute Gasteiger partial charge is 0.326 e. The summed E-state index contributed by atoms with van der Waals surface area (Å²) in [4.78, 5) is 37.9. The summed E-state index contributed by atoms with van der Waals surface area (Å²) in [7, 11) is 1.57. The van der Waals surface area contributed by atoms with Gasteiger partial charge in [-0.25, -0.2) is 4.79 Å². The summed E-state index contributed by atoms with van der Waals surface area (Å²) in [5, 5.41) is 2.67. The maximum absolute atomic E-state index is 12.8. The van der Waals surface area contributed by atoms with E-state index in [1.807, 2.05) is 13.8 Å². The van der Waals surface area contributed by atoms with E-state index in [2.05, 4.69) is 5.32 Å². The van der Waals surface area contributed by atoms with E-state index in [-0.39, 0.29) is 6.10 Å². The molecule has 0 radical (unpaired) electrons. The Labute approximate surface area is 147 Å². The Morgan fingerprint density at radius 3 is 2.60 bits per heavy atom. The molecule has 0 aromatic heterocycles. The molecule has 1 N–H and O–H groups in total. The second kappa shape index (κ2) is 7.13. The van der Waals surface area contributed by atoms with Crippen LogP contribution < -0.4 is 10.1 Å². The monoisotopic (exact) mass is 348 g/mol. The minimum absolute atomic E-state index is 0.260. The Morgan fingerprint density at radius 2 is 2.04 bits per heavy atom. The lowest BCUT2D eigenvalue weighted by Crippen LogP contribution is -2.42. The number of ether oxygens (including phenoxy) is 2. The zero-order chi connectivity index (χ0) is 18.8. The van der Waals surface area contributed by atoms with E-state index in [4.69, 9.17) is 9.47 Å². The van der Waals surface area contributed by atoms with Gasteiger partial charge in [-0.15, -0.1) is 0 Å². The lowest BCUT2D eigenvalue weighted by molar-refractivity contribution is -0.151. The third-order valence-electron chi connectivity index (χ3n) is 4.44. The van der Waals surface area contributed by atoms with Crippen molar-refractivity contribution in [3.05, 3.63) is 29.3 Å². The van der Waals surface area contributed by atoms with Gasteiger partial charge in [0, 0.05) is 0 Å². The molecule has 136 valence electrons. The highest BCUT2D eigenvalue weighted by Gasteiger charge is 2.49. The normalized spacial score (nSPS) is 21.1. The van der Waals surface area contributed by atoms with Crippen LogP contribution in [0.3, 0.4) is 0 Å². The topological polar surface area (TPSA) is 84.9 Å². The Balaban J connectivity index is 2.21. The molecule has 1 heterocycles. The Kier molecular flexibility index (Phi) is 5.35. The third-order valence-corrected chi connectivity index (χ3v) is 4.44. The number of nitrogens with one attached hydrogen (secondary N) is 1. The van der Waals surface area contributed by atoms with Crippen LogP contribution in [0, 0.1) is 6.92 Å². The molecular formula is C18H24N2O5. The molecule has 0 spiro atoms. The fraction of sp³-hybridized carbons (Fsp3) is 0.500. The maximum Gasteiger partial charge on any atom is 0.326 e. The van der Waals surface area contributed by atoms with Gasteiger partial charge in [0.1, 0.15) is 17.8 Å². The number of hydrogen-bond acceptors (Lipinski definition) is 5. The van der Waals surface area contributed by atoms with Crippen molar-refractivity contribution in [3.8, 4) is 5.75 Å².